The number of benzene rings is 1. The van der Waals surface area contributed by atoms with Gasteiger partial charge in [0, 0.05) is 44.2 Å². The van der Waals surface area contributed by atoms with Crippen LogP contribution in [0.3, 0.4) is 0 Å². The van der Waals surface area contributed by atoms with Gasteiger partial charge in [0.2, 0.25) is 0 Å². The molecule has 140 valence electrons. The molecule has 0 bridgehead atoms. The van der Waals surface area contributed by atoms with E-state index >= 15 is 0 Å². The van der Waals surface area contributed by atoms with Crippen LogP contribution in [0.25, 0.3) is 11.0 Å². The second-order valence-electron chi connectivity index (χ2n) is 6.40. The van der Waals surface area contributed by atoms with Crippen LogP contribution < -0.4 is 0 Å². The molecule has 0 N–H and O–H groups in total. The number of carbonyl (C=O) groups is 2. The van der Waals surface area contributed by atoms with Gasteiger partial charge in [-0.25, -0.2) is 0 Å². The van der Waals surface area contributed by atoms with E-state index in [1.54, 1.807) is 29.0 Å². The van der Waals surface area contributed by atoms with E-state index in [-0.39, 0.29) is 11.8 Å². The molecule has 4 rings (SSSR count). The lowest BCUT2D eigenvalue weighted by Gasteiger charge is -2.34. The van der Waals surface area contributed by atoms with Crippen LogP contribution in [0.4, 0.5) is 0 Å². The Morgan fingerprint density at radius 3 is 2.37 bits per heavy atom. The fourth-order valence-corrected chi connectivity index (χ4v) is 3.37. The maximum atomic E-state index is 13.0. The first-order valence-corrected chi connectivity index (χ1v) is 8.80. The molecule has 1 aromatic carbocycles. The van der Waals surface area contributed by atoms with Gasteiger partial charge in [0.05, 0.1) is 12.9 Å². The van der Waals surface area contributed by atoms with Crippen molar-refractivity contribution in [3.05, 3.63) is 59.7 Å². The molecule has 0 unspecified atom stereocenters. The van der Waals surface area contributed by atoms with Crippen molar-refractivity contribution < 1.29 is 23.2 Å². The first-order valence-electron chi connectivity index (χ1n) is 8.80. The Bertz CT molecular complexity index is 952. The first kappa shape index (κ1) is 17.4. The van der Waals surface area contributed by atoms with Crippen molar-refractivity contribution in [2.24, 2.45) is 0 Å². The number of amides is 2. The van der Waals surface area contributed by atoms with Crippen LogP contribution in [0.1, 0.15) is 26.7 Å². The smallest absolute Gasteiger partial charge is 0.290 e. The highest BCUT2D eigenvalue weighted by molar-refractivity contribution is 5.99. The number of fused-ring (bicyclic) bond motifs is 1. The Balaban J connectivity index is 1.50. The van der Waals surface area contributed by atoms with Crippen LogP contribution in [0, 0.1) is 0 Å². The van der Waals surface area contributed by atoms with Gasteiger partial charge in [-0.05, 0) is 18.2 Å². The molecule has 0 spiro atoms. The first-order chi connectivity index (χ1) is 13.2. The lowest BCUT2D eigenvalue weighted by Crippen LogP contribution is -2.50. The fraction of sp³-hybridized carbons (Fsp3) is 0.300. The largest absolute Gasteiger partial charge is 0.459 e. The molecule has 7 nitrogen and oxygen atoms in total. The number of methoxy groups -OCH3 is 1. The van der Waals surface area contributed by atoms with Crippen molar-refractivity contribution in [1.29, 1.82) is 0 Å². The molecule has 0 aliphatic carbocycles. The van der Waals surface area contributed by atoms with Gasteiger partial charge in [-0.2, -0.15) is 0 Å². The standard InChI is InChI=1S/C20H20N2O5/c1-25-13-15-14-5-2-3-6-16(14)27-18(15)20(24)22-10-8-21(9-11-22)19(23)17-7-4-12-26-17/h2-7,12H,8-11,13H2,1H3. The number of hydrogen-bond donors (Lipinski definition) is 0. The molecule has 2 aromatic heterocycles. The molecule has 7 heteroatoms. The summed E-state index contributed by atoms with van der Waals surface area (Å²) in [6, 6.07) is 10.9. The molecule has 3 heterocycles. The summed E-state index contributed by atoms with van der Waals surface area (Å²) in [7, 11) is 1.59. The predicted octanol–water partition coefficient (Wildman–Crippen LogP) is 2.77. The summed E-state index contributed by atoms with van der Waals surface area (Å²) in [6.45, 7) is 2.08. The minimum absolute atomic E-state index is 0.157. The summed E-state index contributed by atoms with van der Waals surface area (Å²) in [4.78, 5) is 28.8. The molecule has 0 saturated carbocycles. The Morgan fingerprint density at radius 2 is 1.70 bits per heavy atom. The highest BCUT2D eigenvalue weighted by Gasteiger charge is 2.30. The van der Waals surface area contributed by atoms with Crippen molar-refractivity contribution in [3.63, 3.8) is 0 Å². The summed E-state index contributed by atoms with van der Waals surface area (Å²) in [5.74, 6) is 0.289. The van der Waals surface area contributed by atoms with Gasteiger partial charge < -0.3 is 23.4 Å². The van der Waals surface area contributed by atoms with E-state index in [1.807, 2.05) is 24.3 Å². The maximum absolute atomic E-state index is 13.0. The van der Waals surface area contributed by atoms with Crippen LogP contribution in [-0.2, 0) is 11.3 Å². The van der Waals surface area contributed by atoms with Crippen molar-refractivity contribution in [2.75, 3.05) is 33.3 Å². The van der Waals surface area contributed by atoms with Gasteiger partial charge in [-0.1, -0.05) is 18.2 Å². The lowest BCUT2D eigenvalue weighted by molar-refractivity contribution is 0.0500. The molecular weight excluding hydrogens is 348 g/mol. The van der Waals surface area contributed by atoms with E-state index < -0.39 is 0 Å². The molecular formula is C20H20N2O5. The zero-order valence-corrected chi connectivity index (χ0v) is 15.0. The van der Waals surface area contributed by atoms with E-state index in [1.165, 1.54) is 6.26 Å². The van der Waals surface area contributed by atoms with E-state index in [0.29, 0.717) is 49.9 Å². The number of rotatable bonds is 4. The van der Waals surface area contributed by atoms with Gasteiger partial charge in [0.25, 0.3) is 11.8 Å². The highest BCUT2D eigenvalue weighted by Crippen LogP contribution is 2.28. The van der Waals surface area contributed by atoms with Crippen molar-refractivity contribution >= 4 is 22.8 Å². The van der Waals surface area contributed by atoms with Crippen LogP contribution in [0.2, 0.25) is 0 Å². The molecule has 0 radical (unpaired) electrons. The van der Waals surface area contributed by atoms with Gasteiger partial charge in [-0.15, -0.1) is 0 Å². The predicted molar refractivity (Wildman–Crippen MR) is 97.4 cm³/mol. The molecule has 0 atom stereocenters. The third-order valence-corrected chi connectivity index (χ3v) is 4.77. The average Bonchev–Trinajstić information content (AvgIpc) is 3.36. The second-order valence-corrected chi connectivity index (χ2v) is 6.40. The number of nitrogens with zero attached hydrogens (tertiary/aromatic N) is 2. The third-order valence-electron chi connectivity index (χ3n) is 4.77. The highest BCUT2D eigenvalue weighted by atomic mass is 16.5. The fourth-order valence-electron chi connectivity index (χ4n) is 3.37. The lowest BCUT2D eigenvalue weighted by atomic mass is 10.1. The zero-order chi connectivity index (χ0) is 18.8. The minimum atomic E-state index is -0.177. The quantitative estimate of drug-likeness (QED) is 0.708. The Hall–Kier alpha value is -3.06. The molecule has 1 saturated heterocycles. The monoisotopic (exact) mass is 368 g/mol. The van der Waals surface area contributed by atoms with Crippen molar-refractivity contribution in [3.8, 4) is 0 Å². The van der Waals surface area contributed by atoms with Crippen LogP contribution in [0.15, 0.2) is 51.5 Å². The SMILES string of the molecule is COCc1c(C(=O)N2CCN(C(=O)c3ccco3)CC2)oc2ccccc12. The van der Waals surface area contributed by atoms with Gasteiger partial charge in [0.15, 0.2) is 11.5 Å². The van der Waals surface area contributed by atoms with Gasteiger partial charge in [-0.3, -0.25) is 9.59 Å². The number of ether oxygens (including phenoxy) is 1. The summed E-state index contributed by atoms with van der Waals surface area (Å²) in [5, 5.41) is 0.884. The summed E-state index contributed by atoms with van der Waals surface area (Å²) < 4.78 is 16.3. The Kier molecular flexibility index (Phi) is 4.68. The summed E-state index contributed by atoms with van der Waals surface area (Å²) in [6.07, 6.45) is 1.48. The Labute approximate surface area is 156 Å². The summed E-state index contributed by atoms with van der Waals surface area (Å²) >= 11 is 0. The van der Waals surface area contributed by atoms with Crippen molar-refractivity contribution in [1.82, 2.24) is 9.80 Å². The number of carbonyl (C=O) groups excluding carboxylic acids is 2. The van der Waals surface area contributed by atoms with E-state index in [0.717, 1.165) is 10.9 Å². The number of piperazine rings is 1. The molecule has 1 aliphatic heterocycles. The Morgan fingerprint density at radius 1 is 1.00 bits per heavy atom. The number of para-hydroxylation sites is 1. The zero-order valence-electron chi connectivity index (χ0n) is 15.0. The molecule has 2 amide bonds. The molecule has 3 aromatic rings. The van der Waals surface area contributed by atoms with Gasteiger partial charge >= 0.3 is 0 Å². The topological polar surface area (TPSA) is 76.1 Å². The normalized spacial score (nSPS) is 14.7. The van der Waals surface area contributed by atoms with Gasteiger partial charge in [0.1, 0.15) is 5.58 Å². The van der Waals surface area contributed by atoms with Crippen LogP contribution in [-0.4, -0.2) is 54.9 Å². The van der Waals surface area contributed by atoms with Crippen molar-refractivity contribution in [2.45, 2.75) is 6.61 Å². The van der Waals surface area contributed by atoms with E-state index in [4.69, 9.17) is 13.6 Å². The molecule has 27 heavy (non-hydrogen) atoms. The number of furan rings is 2. The second kappa shape index (κ2) is 7.28. The summed E-state index contributed by atoms with van der Waals surface area (Å²) in [5.41, 5.74) is 1.42. The maximum Gasteiger partial charge on any atom is 0.290 e. The average molecular weight is 368 g/mol. The van der Waals surface area contributed by atoms with Crippen LogP contribution in [0.5, 0.6) is 0 Å². The van der Waals surface area contributed by atoms with E-state index in [2.05, 4.69) is 0 Å². The third kappa shape index (κ3) is 3.21. The molecule has 1 fully saturated rings. The molecule has 1 aliphatic rings. The van der Waals surface area contributed by atoms with E-state index in [9.17, 15) is 9.59 Å². The van der Waals surface area contributed by atoms with Crippen LogP contribution >= 0.6 is 0 Å². The minimum Gasteiger partial charge on any atom is -0.459 e. The number of hydrogen-bond acceptors (Lipinski definition) is 5.